The van der Waals surface area contributed by atoms with Crippen LogP contribution in [-0.2, 0) is 9.53 Å². The fourth-order valence-electron chi connectivity index (χ4n) is 0.873. The summed E-state index contributed by atoms with van der Waals surface area (Å²) in [7, 11) is 1.39. The summed E-state index contributed by atoms with van der Waals surface area (Å²) in [6.45, 7) is 7.79. The van der Waals surface area contributed by atoms with Gasteiger partial charge in [0.15, 0.2) is 0 Å². The number of hydrogen-bond acceptors (Lipinski definition) is 2. The van der Waals surface area contributed by atoms with E-state index in [0.717, 1.165) is 0 Å². The third kappa shape index (κ3) is 6.72. The second-order valence-corrected chi connectivity index (χ2v) is 3.83. The summed E-state index contributed by atoms with van der Waals surface area (Å²) in [6.07, 6.45) is 0. The molecule has 0 aliphatic carbocycles. The van der Waals surface area contributed by atoms with Crippen molar-refractivity contribution >= 4 is 5.97 Å². The fourth-order valence-corrected chi connectivity index (χ4v) is 0.873. The molecule has 84 valence electrons. The summed E-state index contributed by atoms with van der Waals surface area (Å²) in [4.78, 5) is 10.3. The molecular formula is C13H20O2. The quantitative estimate of drug-likeness (QED) is 0.663. The van der Waals surface area contributed by atoms with Gasteiger partial charge >= 0.3 is 5.97 Å². The summed E-state index contributed by atoms with van der Waals surface area (Å²) in [5.74, 6) is -0.148. The van der Waals surface area contributed by atoms with Crippen LogP contribution in [0.15, 0.2) is 24.3 Å². The first-order chi connectivity index (χ1) is 6.97. The van der Waals surface area contributed by atoms with E-state index in [0.29, 0.717) is 0 Å². The van der Waals surface area contributed by atoms with Crippen LogP contribution in [0.2, 0.25) is 0 Å². The van der Waals surface area contributed by atoms with Crippen LogP contribution in [0.5, 0.6) is 0 Å². The highest BCUT2D eigenvalue weighted by molar-refractivity contribution is 5.71. The molecule has 15 heavy (non-hydrogen) atoms. The van der Waals surface area contributed by atoms with E-state index in [4.69, 9.17) is 0 Å². The molecule has 0 saturated carbocycles. The van der Waals surface area contributed by atoms with Gasteiger partial charge < -0.3 is 4.74 Å². The van der Waals surface area contributed by atoms with Gasteiger partial charge in [0.2, 0.25) is 0 Å². The van der Waals surface area contributed by atoms with E-state index in [1.807, 2.05) is 0 Å². The lowest BCUT2D eigenvalue weighted by atomic mass is 10.2. The average Bonchev–Trinajstić information content (AvgIpc) is 2.22. The molecule has 0 aliphatic rings. The van der Waals surface area contributed by atoms with Crippen LogP contribution in [0.25, 0.3) is 0 Å². The zero-order chi connectivity index (χ0) is 11.8. The molecule has 0 unspecified atom stereocenters. The van der Waals surface area contributed by atoms with E-state index in [9.17, 15) is 4.79 Å². The number of methoxy groups -OCH3 is 1. The van der Waals surface area contributed by atoms with E-state index in [2.05, 4.69) is 42.8 Å². The van der Waals surface area contributed by atoms with E-state index >= 15 is 0 Å². The first-order valence-electron chi connectivity index (χ1n) is 5.08. The van der Waals surface area contributed by atoms with Gasteiger partial charge in [-0.3, -0.25) is 4.79 Å². The number of rotatable bonds is 1. The molecule has 0 fully saturated rings. The monoisotopic (exact) mass is 208 g/mol. The number of hydrogen-bond donors (Lipinski definition) is 0. The van der Waals surface area contributed by atoms with Crippen LogP contribution in [-0.4, -0.2) is 13.1 Å². The highest BCUT2D eigenvalue weighted by Gasteiger charge is 2.03. The molecule has 0 aliphatic heterocycles. The van der Waals surface area contributed by atoms with Crippen LogP contribution in [0, 0.1) is 19.8 Å². The Morgan fingerprint density at radius 3 is 1.53 bits per heavy atom. The maximum absolute atomic E-state index is 10.3. The SMILES string of the molecule is COC(=O)C(C)C.Cc1ccc(C)cc1. The summed E-state index contributed by atoms with van der Waals surface area (Å²) in [6, 6.07) is 8.48. The van der Waals surface area contributed by atoms with Crippen LogP contribution in [0.4, 0.5) is 0 Å². The van der Waals surface area contributed by atoms with Crippen LogP contribution >= 0.6 is 0 Å². The van der Waals surface area contributed by atoms with Crippen LogP contribution < -0.4 is 0 Å². The first kappa shape index (κ1) is 13.7. The molecule has 0 N–H and O–H groups in total. The van der Waals surface area contributed by atoms with Crippen molar-refractivity contribution in [2.75, 3.05) is 7.11 Å². The number of ether oxygens (including phenoxy) is 1. The fraction of sp³-hybridized carbons (Fsp3) is 0.462. The maximum atomic E-state index is 10.3. The first-order valence-corrected chi connectivity index (χ1v) is 5.08. The minimum absolute atomic E-state index is 0.00463. The van der Waals surface area contributed by atoms with Crippen molar-refractivity contribution in [3.8, 4) is 0 Å². The van der Waals surface area contributed by atoms with Crippen LogP contribution in [0.1, 0.15) is 25.0 Å². The summed E-state index contributed by atoms with van der Waals surface area (Å²) in [5.41, 5.74) is 2.66. The Labute approximate surface area is 92.3 Å². The van der Waals surface area contributed by atoms with Crippen molar-refractivity contribution in [2.24, 2.45) is 5.92 Å². The molecule has 0 spiro atoms. The van der Waals surface area contributed by atoms with Crippen molar-refractivity contribution in [2.45, 2.75) is 27.7 Å². The Balaban J connectivity index is 0.000000265. The molecule has 0 bridgehead atoms. The van der Waals surface area contributed by atoms with Crippen molar-refractivity contribution in [3.05, 3.63) is 35.4 Å². The smallest absolute Gasteiger partial charge is 0.308 e. The number of carbonyl (C=O) groups excluding carboxylic acids is 1. The van der Waals surface area contributed by atoms with Gasteiger partial charge in [-0.2, -0.15) is 0 Å². The zero-order valence-electron chi connectivity index (χ0n) is 10.2. The Hall–Kier alpha value is -1.31. The lowest BCUT2D eigenvalue weighted by Crippen LogP contribution is -2.07. The molecule has 1 aromatic rings. The number of aryl methyl sites for hydroxylation is 2. The van der Waals surface area contributed by atoms with Gasteiger partial charge in [-0.05, 0) is 13.8 Å². The molecule has 0 saturated heterocycles. The Morgan fingerprint density at radius 1 is 1.07 bits per heavy atom. The molecule has 0 heterocycles. The van der Waals surface area contributed by atoms with E-state index < -0.39 is 0 Å². The van der Waals surface area contributed by atoms with Gasteiger partial charge in [-0.25, -0.2) is 0 Å². The number of benzene rings is 1. The lowest BCUT2D eigenvalue weighted by Gasteiger charge is -1.97. The van der Waals surface area contributed by atoms with Gasteiger partial charge in [0.1, 0.15) is 0 Å². The zero-order valence-corrected chi connectivity index (χ0v) is 10.2. The molecular weight excluding hydrogens is 188 g/mol. The molecule has 1 rings (SSSR count). The maximum Gasteiger partial charge on any atom is 0.308 e. The minimum Gasteiger partial charge on any atom is -0.469 e. The molecule has 2 nitrogen and oxygen atoms in total. The van der Waals surface area contributed by atoms with Gasteiger partial charge in [-0.15, -0.1) is 0 Å². The number of esters is 1. The molecule has 2 heteroatoms. The highest BCUT2D eigenvalue weighted by atomic mass is 16.5. The van der Waals surface area contributed by atoms with Crippen LogP contribution in [0.3, 0.4) is 0 Å². The predicted molar refractivity (Wildman–Crippen MR) is 62.8 cm³/mol. The summed E-state index contributed by atoms with van der Waals surface area (Å²) >= 11 is 0. The second kappa shape index (κ2) is 7.04. The van der Waals surface area contributed by atoms with Gasteiger partial charge in [0, 0.05) is 0 Å². The van der Waals surface area contributed by atoms with E-state index in [1.165, 1.54) is 18.2 Å². The van der Waals surface area contributed by atoms with Crippen molar-refractivity contribution < 1.29 is 9.53 Å². The molecule has 0 radical (unpaired) electrons. The highest BCUT2D eigenvalue weighted by Crippen LogP contribution is 1.99. The average molecular weight is 208 g/mol. The van der Waals surface area contributed by atoms with Gasteiger partial charge in [-0.1, -0.05) is 49.2 Å². The third-order valence-electron chi connectivity index (χ3n) is 1.89. The molecule has 0 amide bonds. The standard InChI is InChI=1S/C8H10.C5H10O2/c1-7-3-5-8(2)6-4-7;1-4(2)5(6)7-3/h3-6H,1-2H3;4H,1-3H3. The molecule has 0 atom stereocenters. The summed E-state index contributed by atoms with van der Waals surface area (Å²) in [5, 5.41) is 0. The van der Waals surface area contributed by atoms with Gasteiger partial charge in [0.25, 0.3) is 0 Å². The Kier molecular flexibility index (Phi) is 6.43. The largest absolute Gasteiger partial charge is 0.469 e. The second-order valence-electron chi connectivity index (χ2n) is 3.83. The Morgan fingerprint density at radius 2 is 1.40 bits per heavy atom. The normalized spacial score (nSPS) is 9.20. The predicted octanol–water partition coefficient (Wildman–Crippen LogP) is 3.12. The topological polar surface area (TPSA) is 26.3 Å². The Bertz CT molecular complexity index is 265. The third-order valence-corrected chi connectivity index (χ3v) is 1.89. The van der Waals surface area contributed by atoms with Crippen molar-refractivity contribution in [1.82, 2.24) is 0 Å². The van der Waals surface area contributed by atoms with Gasteiger partial charge in [0.05, 0.1) is 13.0 Å². The van der Waals surface area contributed by atoms with E-state index in [-0.39, 0.29) is 11.9 Å². The lowest BCUT2D eigenvalue weighted by molar-refractivity contribution is -0.144. The molecule has 1 aromatic carbocycles. The van der Waals surface area contributed by atoms with Crippen molar-refractivity contribution in [1.29, 1.82) is 0 Å². The van der Waals surface area contributed by atoms with E-state index in [1.54, 1.807) is 13.8 Å². The summed E-state index contributed by atoms with van der Waals surface area (Å²) < 4.78 is 4.37. The minimum atomic E-state index is -0.153. The number of carbonyl (C=O) groups is 1. The van der Waals surface area contributed by atoms with Crippen molar-refractivity contribution in [3.63, 3.8) is 0 Å². The molecule has 0 aromatic heterocycles.